The second-order valence-electron chi connectivity index (χ2n) is 4.85. The normalized spacial score (nSPS) is 12.7. The minimum atomic E-state index is -0.382. The molecule has 0 spiro atoms. The number of nitrogens with zero attached hydrogens (tertiary/aromatic N) is 2. The molecule has 1 heterocycles. The van der Waals surface area contributed by atoms with Gasteiger partial charge in [0.15, 0.2) is 0 Å². The van der Waals surface area contributed by atoms with Crippen LogP contribution in [0.2, 0.25) is 5.02 Å². The van der Waals surface area contributed by atoms with Crippen LogP contribution in [0.15, 0.2) is 24.4 Å². The zero-order valence-corrected chi connectivity index (χ0v) is 12.7. The molecule has 0 bridgehead atoms. The summed E-state index contributed by atoms with van der Waals surface area (Å²) in [6, 6.07) is 5.01. The van der Waals surface area contributed by atoms with Gasteiger partial charge in [-0.25, -0.2) is 4.39 Å². The maximum atomic E-state index is 13.2. The zero-order chi connectivity index (χ0) is 14.7. The molecule has 0 aliphatic rings. The van der Waals surface area contributed by atoms with Gasteiger partial charge in [-0.3, -0.25) is 4.68 Å². The van der Waals surface area contributed by atoms with Crippen LogP contribution in [-0.2, 0) is 19.9 Å². The van der Waals surface area contributed by atoms with Crippen molar-refractivity contribution in [2.75, 3.05) is 7.05 Å². The summed E-state index contributed by atoms with van der Waals surface area (Å²) in [6.07, 6.45) is 3.67. The first kappa shape index (κ1) is 15.0. The van der Waals surface area contributed by atoms with Crippen molar-refractivity contribution >= 4 is 11.6 Å². The first-order chi connectivity index (χ1) is 9.55. The van der Waals surface area contributed by atoms with E-state index in [9.17, 15) is 4.39 Å². The van der Waals surface area contributed by atoms with Crippen molar-refractivity contribution in [3.05, 3.63) is 52.1 Å². The van der Waals surface area contributed by atoms with Crippen LogP contribution in [0.1, 0.15) is 29.8 Å². The molecule has 0 amide bonds. The molecular formula is C15H19ClFN3. The lowest BCUT2D eigenvalue weighted by molar-refractivity contribution is 0.584. The molecule has 2 aromatic rings. The van der Waals surface area contributed by atoms with Crippen LogP contribution in [0, 0.1) is 5.82 Å². The minimum absolute atomic E-state index is 0.139. The molecule has 2 rings (SSSR count). The van der Waals surface area contributed by atoms with Crippen molar-refractivity contribution in [2.24, 2.45) is 7.05 Å². The Hall–Kier alpha value is -1.39. The Morgan fingerprint density at radius 3 is 2.80 bits per heavy atom. The highest BCUT2D eigenvalue weighted by atomic mass is 35.5. The molecule has 0 aliphatic heterocycles. The SMILES string of the molecule is CCc1nn(C)cc1C(Cc1ccc(F)c(Cl)c1)NC. The number of nitrogens with one attached hydrogen (secondary N) is 1. The number of aromatic nitrogens is 2. The Morgan fingerprint density at radius 1 is 1.45 bits per heavy atom. The Labute approximate surface area is 123 Å². The molecule has 3 nitrogen and oxygen atoms in total. The minimum Gasteiger partial charge on any atom is -0.313 e. The maximum Gasteiger partial charge on any atom is 0.141 e. The van der Waals surface area contributed by atoms with Gasteiger partial charge in [0.2, 0.25) is 0 Å². The van der Waals surface area contributed by atoms with Gasteiger partial charge in [-0.1, -0.05) is 24.6 Å². The number of halogens is 2. The lowest BCUT2D eigenvalue weighted by Crippen LogP contribution is -2.19. The van der Waals surface area contributed by atoms with Crippen LogP contribution in [-0.4, -0.2) is 16.8 Å². The summed E-state index contributed by atoms with van der Waals surface area (Å²) in [5.74, 6) is -0.382. The van der Waals surface area contributed by atoms with Crippen LogP contribution in [0.25, 0.3) is 0 Å². The van der Waals surface area contributed by atoms with Crippen molar-refractivity contribution in [3.8, 4) is 0 Å². The van der Waals surface area contributed by atoms with Gasteiger partial charge >= 0.3 is 0 Å². The van der Waals surface area contributed by atoms with Crippen molar-refractivity contribution < 1.29 is 4.39 Å². The summed E-state index contributed by atoms with van der Waals surface area (Å²) < 4.78 is 15.0. The molecule has 0 saturated carbocycles. The van der Waals surface area contributed by atoms with Gasteiger partial charge in [0.1, 0.15) is 5.82 Å². The average Bonchev–Trinajstić information content (AvgIpc) is 2.81. The molecule has 1 atom stereocenters. The second kappa shape index (κ2) is 6.37. The third kappa shape index (κ3) is 3.19. The van der Waals surface area contributed by atoms with Crippen molar-refractivity contribution in [2.45, 2.75) is 25.8 Å². The topological polar surface area (TPSA) is 29.9 Å². The van der Waals surface area contributed by atoms with E-state index in [1.807, 2.05) is 25.0 Å². The van der Waals surface area contributed by atoms with Gasteiger partial charge in [-0.05, 0) is 37.6 Å². The Balaban J connectivity index is 2.26. The average molecular weight is 296 g/mol. The van der Waals surface area contributed by atoms with Crippen LogP contribution < -0.4 is 5.32 Å². The number of rotatable bonds is 5. The molecule has 0 aliphatic carbocycles. The highest BCUT2D eigenvalue weighted by Crippen LogP contribution is 2.24. The smallest absolute Gasteiger partial charge is 0.141 e. The van der Waals surface area contributed by atoms with E-state index >= 15 is 0 Å². The molecule has 5 heteroatoms. The van der Waals surface area contributed by atoms with E-state index in [2.05, 4.69) is 17.3 Å². The summed E-state index contributed by atoms with van der Waals surface area (Å²) in [4.78, 5) is 0. The van der Waals surface area contributed by atoms with Crippen LogP contribution >= 0.6 is 11.6 Å². The van der Waals surface area contributed by atoms with E-state index in [0.717, 1.165) is 24.1 Å². The Kier molecular flexibility index (Phi) is 4.78. The van der Waals surface area contributed by atoms with Gasteiger partial charge in [-0.2, -0.15) is 5.10 Å². The second-order valence-corrected chi connectivity index (χ2v) is 5.26. The third-order valence-corrected chi connectivity index (χ3v) is 3.71. The summed E-state index contributed by atoms with van der Waals surface area (Å²) in [6.45, 7) is 2.09. The molecule has 0 saturated heterocycles. The molecule has 108 valence electrons. The van der Waals surface area contributed by atoms with E-state index < -0.39 is 0 Å². The fraction of sp³-hybridized carbons (Fsp3) is 0.400. The summed E-state index contributed by atoms with van der Waals surface area (Å²) in [5.41, 5.74) is 3.26. The first-order valence-corrected chi connectivity index (χ1v) is 7.06. The van der Waals surface area contributed by atoms with E-state index in [1.165, 1.54) is 11.6 Å². The molecular weight excluding hydrogens is 277 g/mol. The summed E-state index contributed by atoms with van der Waals surface area (Å²) in [5, 5.41) is 7.93. The monoisotopic (exact) mass is 295 g/mol. The van der Waals surface area contributed by atoms with Gasteiger partial charge in [0.05, 0.1) is 10.7 Å². The lowest BCUT2D eigenvalue weighted by atomic mass is 9.98. The molecule has 1 unspecified atom stereocenters. The van der Waals surface area contributed by atoms with E-state index in [1.54, 1.807) is 12.1 Å². The van der Waals surface area contributed by atoms with E-state index in [0.29, 0.717) is 0 Å². The lowest BCUT2D eigenvalue weighted by Gasteiger charge is -2.16. The molecule has 0 radical (unpaired) electrons. The molecule has 1 aromatic carbocycles. The third-order valence-electron chi connectivity index (χ3n) is 3.42. The van der Waals surface area contributed by atoms with Crippen molar-refractivity contribution in [1.29, 1.82) is 0 Å². The fourth-order valence-corrected chi connectivity index (χ4v) is 2.59. The fourth-order valence-electron chi connectivity index (χ4n) is 2.39. The highest BCUT2D eigenvalue weighted by Gasteiger charge is 2.17. The molecule has 0 fully saturated rings. The number of hydrogen-bond donors (Lipinski definition) is 1. The summed E-state index contributed by atoms with van der Waals surface area (Å²) in [7, 11) is 3.84. The molecule has 1 aromatic heterocycles. The molecule has 1 N–H and O–H groups in total. The standard InChI is InChI=1S/C15H19ClFN3/c1-4-14-11(9-20(3)19-14)15(18-2)8-10-5-6-13(17)12(16)7-10/h5-7,9,15,18H,4,8H2,1-3H3. The van der Waals surface area contributed by atoms with Gasteiger partial charge in [-0.15, -0.1) is 0 Å². The summed E-state index contributed by atoms with van der Waals surface area (Å²) >= 11 is 5.84. The maximum absolute atomic E-state index is 13.2. The van der Waals surface area contributed by atoms with Gasteiger partial charge in [0, 0.05) is 24.8 Å². The van der Waals surface area contributed by atoms with Gasteiger partial charge in [0.25, 0.3) is 0 Å². The first-order valence-electron chi connectivity index (χ1n) is 6.68. The molecule has 20 heavy (non-hydrogen) atoms. The van der Waals surface area contributed by atoms with Crippen LogP contribution in [0.5, 0.6) is 0 Å². The highest BCUT2D eigenvalue weighted by molar-refractivity contribution is 6.30. The predicted octanol–water partition coefficient (Wildman–Crippen LogP) is 3.28. The largest absolute Gasteiger partial charge is 0.313 e. The number of hydrogen-bond acceptors (Lipinski definition) is 2. The number of aryl methyl sites for hydroxylation is 2. The van der Waals surface area contributed by atoms with Gasteiger partial charge < -0.3 is 5.32 Å². The number of likely N-dealkylation sites (N-methyl/N-ethyl adjacent to an activating group) is 1. The zero-order valence-electron chi connectivity index (χ0n) is 12.0. The van der Waals surface area contributed by atoms with Crippen molar-refractivity contribution in [1.82, 2.24) is 15.1 Å². The predicted molar refractivity (Wildman–Crippen MR) is 79.5 cm³/mol. The van der Waals surface area contributed by atoms with E-state index in [-0.39, 0.29) is 16.9 Å². The Bertz CT molecular complexity index is 595. The van der Waals surface area contributed by atoms with Crippen LogP contribution in [0.3, 0.4) is 0 Å². The van der Waals surface area contributed by atoms with Crippen molar-refractivity contribution in [3.63, 3.8) is 0 Å². The number of benzene rings is 1. The Morgan fingerprint density at radius 2 is 2.20 bits per heavy atom. The van der Waals surface area contributed by atoms with Crippen LogP contribution in [0.4, 0.5) is 4.39 Å². The van der Waals surface area contributed by atoms with E-state index in [4.69, 9.17) is 11.6 Å². The quantitative estimate of drug-likeness (QED) is 0.917.